The molecule has 24 nitrogen and oxygen atoms in total. The molecule has 4 aromatic rings. The number of hydrogen-bond acceptors (Lipinski definition) is 19. The van der Waals surface area contributed by atoms with Crippen molar-refractivity contribution in [2.24, 2.45) is 0 Å². The summed E-state index contributed by atoms with van der Waals surface area (Å²) >= 11 is 0. The zero-order valence-corrected chi connectivity index (χ0v) is 36.1. The lowest BCUT2D eigenvalue weighted by Crippen LogP contribution is -2.53. The Bertz CT molecular complexity index is 2180. The van der Waals surface area contributed by atoms with Gasteiger partial charge in [0.2, 0.25) is 0 Å². The quantitative estimate of drug-likeness (QED) is 0.0201. The highest BCUT2D eigenvalue weighted by Gasteiger charge is 2.38. The largest absolute Gasteiger partial charge is 0.542 e. The van der Waals surface area contributed by atoms with Crippen LogP contribution in [0.25, 0.3) is 22.2 Å². The van der Waals surface area contributed by atoms with Crippen molar-refractivity contribution in [1.82, 2.24) is 29.7 Å². The summed E-state index contributed by atoms with van der Waals surface area (Å²) in [5, 5.41) is 118. The number of nitrogen functional groups attached to an aromatic ring is 1. The summed E-state index contributed by atoms with van der Waals surface area (Å²) in [5.41, 5.74) is 8.77. The lowest BCUT2D eigenvalue weighted by atomic mass is 10.0. The highest BCUT2D eigenvalue weighted by molar-refractivity contribution is 5.98. The SMILES string of the molecule is CCn1c(CNC(=O)c2nc3cc[nH]c3nc2N)[n+](CC)c2cc(OCCCN(C[C@H](O)[C@@H](O)[C@H](O)[C@H](O)CO)C[C@H](O)[C@@H](O)[C@H](O)[C@H](O)CO)ccc21.O=C(O)C(F)(F)F.O=C([O-])C(F)(F)F. The topological polar surface area (TPSA) is 398 Å². The van der Waals surface area contributed by atoms with E-state index in [2.05, 4.69) is 24.8 Å². The Kier molecular flexibility index (Phi) is 22.6. The molecule has 0 radical (unpaired) electrons. The molecule has 4 rings (SSSR count). The van der Waals surface area contributed by atoms with Gasteiger partial charge in [-0.05, 0) is 38.5 Å². The van der Waals surface area contributed by atoms with E-state index in [1.54, 1.807) is 18.3 Å². The number of benzene rings is 1. The first-order valence-electron chi connectivity index (χ1n) is 20.2. The van der Waals surface area contributed by atoms with E-state index in [1.807, 2.05) is 30.5 Å². The number of aromatic amines is 1. The first-order valence-corrected chi connectivity index (χ1v) is 20.2. The summed E-state index contributed by atoms with van der Waals surface area (Å²) in [6.07, 6.45) is -22.7. The minimum absolute atomic E-state index is 0.00248. The van der Waals surface area contributed by atoms with Crippen molar-refractivity contribution >= 4 is 45.9 Å². The number of aryl methyl sites for hydroxylation is 2. The molecule has 0 aliphatic carbocycles. The summed E-state index contributed by atoms with van der Waals surface area (Å²) in [7, 11) is 0. The van der Waals surface area contributed by atoms with Crippen LogP contribution >= 0.6 is 0 Å². The van der Waals surface area contributed by atoms with Gasteiger partial charge in [0.15, 0.2) is 28.2 Å². The summed E-state index contributed by atoms with van der Waals surface area (Å²) in [6.45, 7) is 3.03. The second-order valence-electron chi connectivity index (χ2n) is 14.6. The molecule has 3 heterocycles. The van der Waals surface area contributed by atoms with Crippen LogP contribution in [0.3, 0.4) is 0 Å². The molecule has 8 atom stereocenters. The number of ether oxygens (including phenoxy) is 1. The molecule has 3 aromatic heterocycles. The van der Waals surface area contributed by atoms with Crippen LogP contribution < -0.4 is 25.5 Å². The number of nitrogens with one attached hydrogen (secondary N) is 2. The molecule has 0 unspecified atom stereocenters. The number of aromatic nitrogens is 5. The van der Waals surface area contributed by atoms with E-state index >= 15 is 0 Å². The number of nitrogens with zero attached hydrogens (tertiary/aromatic N) is 5. The van der Waals surface area contributed by atoms with E-state index in [0.717, 1.165) is 16.9 Å². The molecule has 0 aliphatic rings. The summed E-state index contributed by atoms with van der Waals surface area (Å²) in [4.78, 5) is 43.7. The van der Waals surface area contributed by atoms with Crippen molar-refractivity contribution in [3.8, 4) is 5.75 Å². The summed E-state index contributed by atoms with van der Waals surface area (Å²) in [6, 6.07) is 7.25. The van der Waals surface area contributed by atoms with Crippen LogP contribution in [-0.2, 0) is 29.2 Å². The Morgan fingerprint density at radius 2 is 1.38 bits per heavy atom. The molecular weight excluding hydrogens is 938 g/mol. The molecular formula is C38H54F6N8O16. The fourth-order valence-electron chi connectivity index (χ4n) is 6.26. The van der Waals surface area contributed by atoms with E-state index in [9.17, 15) is 72.0 Å². The highest BCUT2D eigenvalue weighted by atomic mass is 19.4. The van der Waals surface area contributed by atoms with E-state index < -0.39 is 92.2 Å². The molecule has 0 aliphatic heterocycles. The number of carbonyl (C=O) groups is 3. The van der Waals surface area contributed by atoms with Crippen molar-refractivity contribution in [2.45, 2.75) is 101 Å². The van der Waals surface area contributed by atoms with Gasteiger partial charge < -0.3 is 86.8 Å². The molecule has 0 saturated heterocycles. The molecule has 1 aromatic carbocycles. The Morgan fingerprint density at radius 1 is 0.868 bits per heavy atom. The van der Waals surface area contributed by atoms with Crippen LogP contribution in [0, 0.1) is 0 Å². The van der Waals surface area contributed by atoms with Crippen molar-refractivity contribution in [3.63, 3.8) is 0 Å². The highest BCUT2D eigenvalue weighted by Crippen LogP contribution is 2.23. The number of fused-ring (bicyclic) bond motifs is 2. The van der Waals surface area contributed by atoms with Crippen molar-refractivity contribution in [3.05, 3.63) is 42.0 Å². The lowest BCUT2D eigenvalue weighted by molar-refractivity contribution is -0.676. The van der Waals surface area contributed by atoms with E-state index in [0.29, 0.717) is 30.0 Å². The molecule has 0 bridgehead atoms. The number of aliphatic hydroxyl groups excluding tert-OH is 10. The van der Waals surface area contributed by atoms with Crippen LogP contribution in [0.5, 0.6) is 5.75 Å². The summed E-state index contributed by atoms with van der Waals surface area (Å²) < 4.78 is 73.4. The number of carbonyl (C=O) groups excluding carboxylic acids is 2. The number of carboxylic acid groups (broad SMARTS) is 2. The molecule has 384 valence electrons. The van der Waals surface area contributed by atoms with E-state index in [4.69, 9.17) is 40.5 Å². The predicted octanol–water partition coefficient (Wildman–Crippen LogP) is -4.37. The average molecular weight is 993 g/mol. The molecule has 1 amide bonds. The number of rotatable bonds is 22. The number of halogens is 6. The van der Waals surface area contributed by atoms with Crippen molar-refractivity contribution < 1.29 is 111 Å². The number of nitrogens with two attached hydrogens (primary N) is 1. The van der Waals surface area contributed by atoms with Gasteiger partial charge in [-0.2, -0.15) is 26.3 Å². The van der Waals surface area contributed by atoms with Gasteiger partial charge in [-0.15, -0.1) is 0 Å². The van der Waals surface area contributed by atoms with Gasteiger partial charge in [-0.1, -0.05) is 0 Å². The number of carboxylic acids is 2. The minimum Gasteiger partial charge on any atom is -0.542 e. The number of amides is 1. The number of aliphatic carboxylic acids is 2. The predicted molar refractivity (Wildman–Crippen MR) is 216 cm³/mol. The van der Waals surface area contributed by atoms with Crippen LogP contribution in [0.2, 0.25) is 0 Å². The van der Waals surface area contributed by atoms with Gasteiger partial charge >= 0.3 is 18.3 Å². The second-order valence-corrected chi connectivity index (χ2v) is 14.6. The van der Waals surface area contributed by atoms with Gasteiger partial charge in [0.05, 0.1) is 45.1 Å². The fourth-order valence-corrected chi connectivity index (χ4v) is 6.26. The number of H-pyrrole nitrogens is 1. The monoisotopic (exact) mass is 992 g/mol. The Labute approximate surface area is 380 Å². The Balaban J connectivity index is 0.000000982. The number of hydrogen-bond donors (Lipinski definition) is 14. The van der Waals surface area contributed by atoms with Crippen molar-refractivity contribution in [1.29, 1.82) is 0 Å². The minimum atomic E-state index is -5.19. The lowest BCUT2D eigenvalue weighted by Gasteiger charge is -2.33. The number of alkyl halides is 6. The third-order valence-corrected chi connectivity index (χ3v) is 9.72. The van der Waals surface area contributed by atoms with Crippen LogP contribution in [0.15, 0.2) is 30.5 Å². The maximum atomic E-state index is 13.1. The number of aliphatic hydroxyl groups is 10. The normalized spacial score (nSPS) is 15.5. The molecule has 68 heavy (non-hydrogen) atoms. The number of imidazole rings is 1. The summed E-state index contributed by atoms with van der Waals surface area (Å²) in [5.74, 6) is -4.89. The van der Waals surface area contributed by atoms with Gasteiger partial charge in [0, 0.05) is 31.9 Å². The maximum Gasteiger partial charge on any atom is 0.490 e. The second kappa shape index (κ2) is 26.3. The third-order valence-electron chi connectivity index (χ3n) is 9.72. The maximum absolute atomic E-state index is 13.1. The van der Waals surface area contributed by atoms with Gasteiger partial charge in [-0.25, -0.2) is 23.9 Å². The number of anilines is 1. The van der Waals surface area contributed by atoms with Gasteiger partial charge in [0.25, 0.3) is 11.7 Å². The first kappa shape index (κ1) is 58.6. The van der Waals surface area contributed by atoms with Crippen molar-refractivity contribution in [2.75, 3.05) is 45.2 Å². The molecule has 15 N–H and O–H groups in total. The average Bonchev–Trinajstić information content (AvgIpc) is 3.87. The standard InChI is InChI=1S/C34H52N8O12.2C2HF3O2/c1-3-41-20-7-6-18(12-21(20)42(4-2)26(41)13-37-34(53)27-32(35)39-33-19(38-27)8-9-36-33)54-11-5-10-40(14-22(45)28(49)30(51)24(47)16-43)15-23(46)29(50)31(52)25(48)17-44;2*3-2(4,5)1(6)7/h6-9,12,22-25,28-31,43-52H,3-5,10-11,13-17H2,1-2H3,(H3-,35,36,37,38,39,53);2*(H,6,7)/t22-,23-,24+,25+,28+,29+,30+,31+;;/m0../s1. The van der Waals surface area contributed by atoms with E-state index in [-0.39, 0.29) is 50.7 Å². The zero-order chi connectivity index (χ0) is 51.8. The Hall–Kier alpha value is -5.54. The zero-order valence-electron chi connectivity index (χ0n) is 36.1. The van der Waals surface area contributed by atoms with Gasteiger partial charge in [0.1, 0.15) is 60.4 Å². The first-order chi connectivity index (χ1) is 31.6. The fraction of sp³-hybridized carbons (Fsp3) is 0.579. The molecule has 30 heteroatoms. The van der Waals surface area contributed by atoms with Crippen LogP contribution in [0.1, 0.15) is 36.6 Å². The third kappa shape index (κ3) is 16.6. The van der Waals surface area contributed by atoms with E-state index in [1.165, 1.54) is 4.90 Å². The van der Waals surface area contributed by atoms with Gasteiger partial charge in [-0.3, -0.25) is 9.69 Å². The van der Waals surface area contributed by atoms with Crippen LogP contribution in [-0.4, -0.2) is 199 Å². The Morgan fingerprint density at radius 3 is 1.84 bits per heavy atom. The molecule has 0 fully saturated rings. The van der Waals surface area contributed by atoms with Crippen LogP contribution in [0.4, 0.5) is 32.2 Å². The molecule has 0 saturated carbocycles. The molecule has 0 spiro atoms. The smallest absolute Gasteiger partial charge is 0.490 e.